The number of fused-ring (bicyclic) bond motifs is 1. The van der Waals surface area contributed by atoms with Gasteiger partial charge in [0.25, 0.3) is 0 Å². The quantitative estimate of drug-likeness (QED) is 0.610. The molecule has 8 heteroatoms. The summed E-state index contributed by atoms with van der Waals surface area (Å²) >= 11 is 0. The summed E-state index contributed by atoms with van der Waals surface area (Å²) in [6.45, 7) is 2.18. The maximum Gasteiger partial charge on any atom is 0.240 e. The Balaban J connectivity index is 1.92. The standard InChI is InChI=1S/C21H23FN2O4S/c1-15(13-28-2)23-21(25)12-24-11-20(18-8-3-4-9-19(18)24)29(26,27)14-16-6-5-7-17(22)10-16/h3-11,15H,12-14H2,1-2H3,(H,23,25). The molecule has 0 bridgehead atoms. The van der Waals surface area contributed by atoms with Gasteiger partial charge in [0.05, 0.1) is 17.3 Å². The molecule has 29 heavy (non-hydrogen) atoms. The van der Waals surface area contributed by atoms with Gasteiger partial charge in [0.2, 0.25) is 5.91 Å². The maximum absolute atomic E-state index is 13.5. The first-order valence-electron chi connectivity index (χ1n) is 9.13. The number of methoxy groups -OCH3 is 1. The molecule has 154 valence electrons. The van der Waals surface area contributed by atoms with Gasteiger partial charge in [-0.2, -0.15) is 0 Å². The molecule has 0 saturated heterocycles. The minimum Gasteiger partial charge on any atom is -0.383 e. The Hall–Kier alpha value is -2.71. The van der Waals surface area contributed by atoms with E-state index in [2.05, 4.69) is 5.32 Å². The van der Waals surface area contributed by atoms with Crippen LogP contribution in [0.15, 0.2) is 59.6 Å². The molecule has 3 aromatic rings. The van der Waals surface area contributed by atoms with Crippen LogP contribution in [0.25, 0.3) is 10.9 Å². The summed E-state index contributed by atoms with van der Waals surface area (Å²) < 4.78 is 46.1. The molecule has 1 heterocycles. The van der Waals surface area contributed by atoms with Crippen molar-refractivity contribution in [2.75, 3.05) is 13.7 Å². The van der Waals surface area contributed by atoms with Crippen molar-refractivity contribution in [2.45, 2.75) is 30.2 Å². The lowest BCUT2D eigenvalue weighted by molar-refractivity contribution is -0.122. The largest absolute Gasteiger partial charge is 0.383 e. The fraction of sp³-hybridized carbons (Fsp3) is 0.286. The third-order valence-electron chi connectivity index (χ3n) is 4.47. The first kappa shape index (κ1) is 21.0. The molecular formula is C21H23FN2O4S. The summed E-state index contributed by atoms with van der Waals surface area (Å²) in [7, 11) is -2.19. The number of hydrogen-bond donors (Lipinski definition) is 1. The molecule has 1 atom stereocenters. The van der Waals surface area contributed by atoms with Crippen LogP contribution in [-0.2, 0) is 31.7 Å². The zero-order valence-electron chi connectivity index (χ0n) is 16.3. The molecule has 6 nitrogen and oxygen atoms in total. The van der Waals surface area contributed by atoms with Crippen LogP contribution in [0.4, 0.5) is 4.39 Å². The van der Waals surface area contributed by atoms with Crippen molar-refractivity contribution in [3.63, 3.8) is 0 Å². The van der Waals surface area contributed by atoms with E-state index < -0.39 is 15.7 Å². The number of halogens is 1. The van der Waals surface area contributed by atoms with E-state index in [4.69, 9.17) is 4.74 Å². The van der Waals surface area contributed by atoms with Crippen LogP contribution in [0.3, 0.4) is 0 Å². The fourth-order valence-electron chi connectivity index (χ4n) is 3.28. The number of carbonyl (C=O) groups excluding carboxylic acids is 1. The van der Waals surface area contributed by atoms with Gasteiger partial charge in [-0.25, -0.2) is 12.8 Å². The van der Waals surface area contributed by atoms with Crippen LogP contribution in [0.2, 0.25) is 0 Å². The molecule has 1 N–H and O–H groups in total. The molecule has 0 aliphatic carbocycles. The van der Waals surface area contributed by atoms with Crippen LogP contribution >= 0.6 is 0 Å². The number of aromatic nitrogens is 1. The van der Waals surface area contributed by atoms with Gasteiger partial charge in [-0.15, -0.1) is 0 Å². The normalized spacial score (nSPS) is 12.8. The first-order chi connectivity index (χ1) is 13.8. The van der Waals surface area contributed by atoms with E-state index in [1.807, 2.05) is 6.92 Å². The number of para-hydroxylation sites is 1. The summed E-state index contributed by atoms with van der Waals surface area (Å²) in [6.07, 6.45) is 1.47. The molecule has 3 rings (SSSR count). The average molecular weight is 418 g/mol. The predicted octanol–water partition coefficient (Wildman–Crippen LogP) is 2.91. The van der Waals surface area contributed by atoms with Crippen molar-refractivity contribution in [2.24, 2.45) is 0 Å². The van der Waals surface area contributed by atoms with Gasteiger partial charge in [0.15, 0.2) is 9.84 Å². The van der Waals surface area contributed by atoms with Gasteiger partial charge in [-0.05, 0) is 30.7 Å². The number of sulfone groups is 1. The third-order valence-corrected chi connectivity index (χ3v) is 6.18. The number of carbonyl (C=O) groups is 1. The SMILES string of the molecule is COCC(C)NC(=O)Cn1cc(S(=O)(=O)Cc2cccc(F)c2)c2ccccc21. The lowest BCUT2D eigenvalue weighted by atomic mass is 10.2. The molecule has 0 saturated carbocycles. The van der Waals surface area contributed by atoms with Gasteiger partial charge in [0, 0.05) is 30.3 Å². The van der Waals surface area contributed by atoms with E-state index in [9.17, 15) is 17.6 Å². The van der Waals surface area contributed by atoms with E-state index in [1.54, 1.807) is 42.0 Å². The van der Waals surface area contributed by atoms with Gasteiger partial charge in [0.1, 0.15) is 12.4 Å². The van der Waals surface area contributed by atoms with Gasteiger partial charge in [-0.1, -0.05) is 30.3 Å². The van der Waals surface area contributed by atoms with Crippen LogP contribution in [-0.4, -0.2) is 38.7 Å². The number of nitrogens with one attached hydrogen (secondary N) is 1. The van der Waals surface area contributed by atoms with Gasteiger partial charge in [-0.3, -0.25) is 4.79 Å². The Bertz CT molecular complexity index is 1120. The second kappa shape index (κ2) is 8.75. The van der Waals surface area contributed by atoms with Crippen LogP contribution in [0, 0.1) is 5.82 Å². The van der Waals surface area contributed by atoms with Gasteiger partial charge >= 0.3 is 0 Å². The van der Waals surface area contributed by atoms with Crippen molar-refractivity contribution in [1.29, 1.82) is 0 Å². The zero-order valence-corrected chi connectivity index (χ0v) is 17.1. The molecule has 1 aromatic heterocycles. The number of hydrogen-bond acceptors (Lipinski definition) is 4. The Morgan fingerprint density at radius 2 is 1.97 bits per heavy atom. The van der Waals surface area contributed by atoms with E-state index in [-0.39, 0.29) is 29.1 Å². The summed E-state index contributed by atoms with van der Waals surface area (Å²) in [5.41, 5.74) is 1.01. The molecular weight excluding hydrogens is 395 g/mol. The zero-order chi connectivity index (χ0) is 21.0. The first-order valence-corrected chi connectivity index (χ1v) is 10.8. The Labute approximate surface area is 169 Å². The van der Waals surface area contributed by atoms with E-state index in [0.717, 1.165) is 0 Å². The second-order valence-electron chi connectivity index (χ2n) is 6.95. The van der Waals surface area contributed by atoms with E-state index >= 15 is 0 Å². The van der Waals surface area contributed by atoms with Crippen molar-refractivity contribution in [3.8, 4) is 0 Å². The molecule has 0 fully saturated rings. The fourth-order valence-corrected chi connectivity index (χ4v) is 4.85. The molecule has 1 unspecified atom stereocenters. The van der Waals surface area contributed by atoms with Crippen LogP contribution < -0.4 is 5.32 Å². The second-order valence-corrected chi connectivity index (χ2v) is 8.91. The Morgan fingerprint density at radius 1 is 1.21 bits per heavy atom. The smallest absolute Gasteiger partial charge is 0.240 e. The minimum atomic E-state index is -3.74. The van der Waals surface area contributed by atoms with Crippen molar-refractivity contribution < 1.29 is 22.3 Å². The average Bonchev–Trinajstić information content (AvgIpc) is 3.01. The van der Waals surface area contributed by atoms with E-state index in [1.165, 1.54) is 24.4 Å². The Kier molecular flexibility index (Phi) is 6.34. The highest BCUT2D eigenvalue weighted by molar-refractivity contribution is 7.90. The molecule has 0 spiro atoms. The summed E-state index contributed by atoms with van der Waals surface area (Å²) in [6, 6.07) is 12.4. The Morgan fingerprint density at radius 3 is 2.69 bits per heavy atom. The highest BCUT2D eigenvalue weighted by Crippen LogP contribution is 2.28. The highest BCUT2D eigenvalue weighted by Gasteiger charge is 2.22. The predicted molar refractivity (Wildman–Crippen MR) is 109 cm³/mol. The summed E-state index contributed by atoms with van der Waals surface area (Å²) in [4.78, 5) is 12.5. The lowest BCUT2D eigenvalue weighted by Crippen LogP contribution is -2.37. The van der Waals surface area contributed by atoms with Crippen LogP contribution in [0.1, 0.15) is 12.5 Å². The van der Waals surface area contributed by atoms with E-state index in [0.29, 0.717) is 23.1 Å². The summed E-state index contributed by atoms with van der Waals surface area (Å²) in [5, 5.41) is 3.34. The highest BCUT2D eigenvalue weighted by atomic mass is 32.2. The van der Waals surface area contributed by atoms with Crippen molar-refractivity contribution in [3.05, 3.63) is 66.1 Å². The van der Waals surface area contributed by atoms with Gasteiger partial charge < -0.3 is 14.6 Å². The number of nitrogens with zero attached hydrogens (tertiary/aromatic N) is 1. The van der Waals surface area contributed by atoms with Crippen LogP contribution in [0.5, 0.6) is 0 Å². The monoisotopic (exact) mass is 418 g/mol. The van der Waals surface area contributed by atoms with Crippen molar-refractivity contribution in [1.82, 2.24) is 9.88 Å². The molecule has 2 aromatic carbocycles. The molecule has 0 aliphatic rings. The number of rotatable bonds is 8. The minimum absolute atomic E-state index is 0.0238. The third kappa shape index (κ3) is 5.02. The number of ether oxygens (including phenoxy) is 1. The molecule has 0 aliphatic heterocycles. The molecule has 1 amide bonds. The maximum atomic E-state index is 13.5. The number of benzene rings is 2. The van der Waals surface area contributed by atoms with Crippen molar-refractivity contribution >= 4 is 26.6 Å². The summed E-state index contributed by atoms with van der Waals surface area (Å²) in [5.74, 6) is -1.05. The number of amides is 1. The lowest BCUT2D eigenvalue weighted by Gasteiger charge is -2.13. The molecule has 0 radical (unpaired) electrons. The topological polar surface area (TPSA) is 77.4 Å².